The summed E-state index contributed by atoms with van der Waals surface area (Å²) in [5.41, 5.74) is 3.15. The van der Waals surface area contributed by atoms with Crippen molar-refractivity contribution in [2.24, 2.45) is 0 Å². The first kappa shape index (κ1) is 20.6. The SMILES string of the molecule is CCNC(=O)c1ccc(C)c(-c2ccc3c(O[C@@H](C)C(F)(F)F)nncc3c2)c1. The van der Waals surface area contributed by atoms with Gasteiger partial charge in [-0.25, -0.2) is 0 Å². The van der Waals surface area contributed by atoms with Gasteiger partial charge in [-0.3, -0.25) is 4.79 Å². The molecule has 3 aromatic rings. The van der Waals surface area contributed by atoms with E-state index in [2.05, 4.69) is 15.5 Å². The quantitative estimate of drug-likeness (QED) is 0.672. The smallest absolute Gasteiger partial charge is 0.425 e. The molecular weight excluding hydrogens is 383 g/mol. The Hall–Kier alpha value is -3.16. The van der Waals surface area contributed by atoms with Crippen molar-refractivity contribution < 1.29 is 22.7 Å². The van der Waals surface area contributed by atoms with E-state index in [1.54, 1.807) is 30.3 Å². The number of nitrogens with zero attached hydrogens (tertiary/aromatic N) is 2. The molecule has 0 bridgehead atoms. The van der Waals surface area contributed by atoms with Gasteiger partial charge in [0.05, 0.1) is 6.20 Å². The van der Waals surface area contributed by atoms with E-state index in [0.717, 1.165) is 23.6 Å². The summed E-state index contributed by atoms with van der Waals surface area (Å²) in [4.78, 5) is 12.1. The second kappa shape index (κ2) is 8.06. The molecule has 0 unspecified atom stereocenters. The number of hydrogen-bond acceptors (Lipinski definition) is 4. The molecule has 8 heteroatoms. The van der Waals surface area contributed by atoms with Gasteiger partial charge in [-0.05, 0) is 61.7 Å². The average molecular weight is 403 g/mol. The maximum atomic E-state index is 12.8. The van der Waals surface area contributed by atoms with Crippen molar-refractivity contribution in [3.8, 4) is 17.0 Å². The third-order valence-corrected chi connectivity index (χ3v) is 4.52. The maximum Gasteiger partial charge on any atom is 0.425 e. The Morgan fingerprint density at radius 1 is 1.21 bits per heavy atom. The molecule has 29 heavy (non-hydrogen) atoms. The normalized spacial score (nSPS) is 12.6. The number of amides is 1. The number of hydrogen-bond donors (Lipinski definition) is 1. The number of ether oxygens (including phenoxy) is 1. The number of carbonyl (C=O) groups excluding carboxylic acids is 1. The minimum atomic E-state index is -4.50. The molecule has 0 saturated heterocycles. The van der Waals surface area contributed by atoms with Gasteiger partial charge in [0.2, 0.25) is 5.88 Å². The molecule has 1 N–H and O–H groups in total. The maximum absolute atomic E-state index is 12.8. The number of aromatic nitrogens is 2. The molecular formula is C21H20F3N3O2. The number of aryl methyl sites for hydroxylation is 1. The first-order valence-electron chi connectivity index (χ1n) is 9.08. The van der Waals surface area contributed by atoms with Gasteiger partial charge < -0.3 is 10.1 Å². The predicted octanol–water partition coefficient (Wildman–Crippen LogP) is 4.68. The van der Waals surface area contributed by atoms with Gasteiger partial charge >= 0.3 is 6.18 Å². The number of carbonyl (C=O) groups is 1. The zero-order valence-electron chi connectivity index (χ0n) is 16.2. The average Bonchev–Trinajstić information content (AvgIpc) is 2.67. The Labute approximate surface area is 165 Å². The third-order valence-electron chi connectivity index (χ3n) is 4.52. The second-order valence-corrected chi connectivity index (χ2v) is 6.64. The minimum absolute atomic E-state index is 0.169. The molecule has 0 aliphatic rings. The van der Waals surface area contributed by atoms with Gasteiger partial charge in [-0.1, -0.05) is 12.1 Å². The van der Waals surface area contributed by atoms with Crippen molar-refractivity contribution in [1.29, 1.82) is 0 Å². The molecule has 1 atom stereocenters. The van der Waals surface area contributed by atoms with Gasteiger partial charge in [0, 0.05) is 22.9 Å². The van der Waals surface area contributed by atoms with Crippen LogP contribution in [0.2, 0.25) is 0 Å². The Balaban J connectivity index is 2.01. The number of alkyl halides is 3. The summed E-state index contributed by atoms with van der Waals surface area (Å²) in [6, 6.07) is 10.6. The molecule has 0 aliphatic heterocycles. The molecule has 152 valence electrons. The van der Waals surface area contributed by atoms with Crippen LogP contribution in [0, 0.1) is 6.92 Å². The molecule has 0 spiro atoms. The highest BCUT2D eigenvalue weighted by atomic mass is 19.4. The van der Waals surface area contributed by atoms with Crippen LogP contribution < -0.4 is 10.1 Å². The van der Waals surface area contributed by atoms with E-state index in [9.17, 15) is 18.0 Å². The molecule has 0 fully saturated rings. The van der Waals surface area contributed by atoms with E-state index < -0.39 is 12.3 Å². The van der Waals surface area contributed by atoms with Gasteiger partial charge in [-0.2, -0.15) is 18.3 Å². The van der Waals surface area contributed by atoms with E-state index in [0.29, 0.717) is 22.9 Å². The van der Waals surface area contributed by atoms with Crippen LogP contribution in [0.4, 0.5) is 13.2 Å². The molecule has 0 aliphatic carbocycles. The third kappa shape index (κ3) is 4.47. The number of nitrogens with one attached hydrogen (secondary N) is 1. The molecule has 1 heterocycles. The zero-order valence-corrected chi connectivity index (χ0v) is 16.2. The number of fused-ring (bicyclic) bond motifs is 1. The standard InChI is InChI=1S/C21H20F3N3O2/c1-4-25-19(28)15-6-5-12(2)18(10-15)14-7-8-17-16(9-14)11-26-27-20(17)29-13(3)21(22,23)24/h5-11,13H,4H2,1-3H3,(H,25,28)/t13-/m0/s1. The molecule has 1 amide bonds. The Kier molecular flexibility index (Phi) is 5.72. The largest absolute Gasteiger partial charge is 0.463 e. The summed E-state index contributed by atoms with van der Waals surface area (Å²) in [5.74, 6) is -0.344. The zero-order chi connectivity index (χ0) is 21.2. The fraction of sp³-hybridized carbons (Fsp3) is 0.286. The summed E-state index contributed by atoms with van der Waals surface area (Å²) < 4.78 is 43.4. The summed E-state index contributed by atoms with van der Waals surface area (Å²) in [5, 5.41) is 11.3. The molecule has 0 saturated carbocycles. The first-order valence-corrected chi connectivity index (χ1v) is 9.08. The Bertz CT molecular complexity index is 1050. The molecule has 5 nitrogen and oxygen atoms in total. The molecule has 2 aromatic carbocycles. The minimum Gasteiger partial charge on any atom is -0.463 e. The number of halogens is 3. The lowest BCUT2D eigenvalue weighted by Crippen LogP contribution is -2.31. The fourth-order valence-electron chi connectivity index (χ4n) is 2.89. The molecule has 0 radical (unpaired) electrons. The highest BCUT2D eigenvalue weighted by Crippen LogP contribution is 2.32. The van der Waals surface area contributed by atoms with Crippen molar-refractivity contribution in [2.75, 3.05) is 6.54 Å². The van der Waals surface area contributed by atoms with Crippen LogP contribution in [0.15, 0.2) is 42.6 Å². The van der Waals surface area contributed by atoms with Crippen LogP contribution in [0.5, 0.6) is 5.88 Å². The van der Waals surface area contributed by atoms with Crippen molar-refractivity contribution in [3.63, 3.8) is 0 Å². The van der Waals surface area contributed by atoms with Crippen LogP contribution >= 0.6 is 0 Å². The highest BCUT2D eigenvalue weighted by Gasteiger charge is 2.38. The van der Waals surface area contributed by atoms with Gasteiger partial charge in [0.15, 0.2) is 6.10 Å². The first-order chi connectivity index (χ1) is 13.7. The lowest BCUT2D eigenvalue weighted by atomic mass is 9.96. The van der Waals surface area contributed by atoms with E-state index >= 15 is 0 Å². The number of rotatable bonds is 5. The second-order valence-electron chi connectivity index (χ2n) is 6.64. The van der Waals surface area contributed by atoms with E-state index in [1.807, 2.05) is 19.9 Å². The number of benzene rings is 2. The predicted molar refractivity (Wildman–Crippen MR) is 104 cm³/mol. The van der Waals surface area contributed by atoms with E-state index in [-0.39, 0.29) is 11.8 Å². The van der Waals surface area contributed by atoms with Gasteiger partial charge in [-0.15, -0.1) is 5.10 Å². The van der Waals surface area contributed by atoms with Crippen LogP contribution in [-0.2, 0) is 0 Å². The lowest BCUT2D eigenvalue weighted by molar-refractivity contribution is -0.189. The van der Waals surface area contributed by atoms with Crippen LogP contribution in [-0.4, -0.2) is 34.9 Å². The summed E-state index contributed by atoms with van der Waals surface area (Å²) in [7, 11) is 0. The topological polar surface area (TPSA) is 64.1 Å². The fourth-order valence-corrected chi connectivity index (χ4v) is 2.89. The summed E-state index contributed by atoms with van der Waals surface area (Å²) in [6.07, 6.45) is -5.04. The van der Waals surface area contributed by atoms with Crippen LogP contribution in [0.25, 0.3) is 21.9 Å². The van der Waals surface area contributed by atoms with Crippen molar-refractivity contribution >= 4 is 16.7 Å². The van der Waals surface area contributed by atoms with Crippen molar-refractivity contribution in [3.05, 3.63) is 53.7 Å². The van der Waals surface area contributed by atoms with E-state index in [1.165, 1.54) is 6.20 Å². The van der Waals surface area contributed by atoms with Crippen LogP contribution in [0.1, 0.15) is 29.8 Å². The van der Waals surface area contributed by atoms with E-state index in [4.69, 9.17) is 4.74 Å². The molecule has 1 aromatic heterocycles. The summed E-state index contributed by atoms with van der Waals surface area (Å²) >= 11 is 0. The molecule has 3 rings (SSSR count). The van der Waals surface area contributed by atoms with Gasteiger partial charge in [0.25, 0.3) is 5.91 Å². The van der Waals surface area contributed by atoms with Crippen LogP contribution in [0.3, 0.4) is 0 Å². The van der Waals surface area contributed by atoms with Gasteiger partial charge in [0.1, 0.15) is 0 Å². The monoisotopic (exact) mass is 403 g/mol. The Morgan fingerprint density at radius 2 is 1.97 bits per heavy atom. The Morgan fingerprint density at radius 3 is 2.66 bits per heavy atom. The highest BCUT2D eigenvalue weighted by molar-refractivity contribution is 5.96. The van der Waals surface area contributed by atoms with Crippen molar-refractivity contribution in [1.82, 2.24) is 15.5 Å². The summed E-state index contributed by atoms with van der Waals surface area (Å²) in [6.45, 7) is 5.21. The lowest BCUT2D eigenvalue weighted by Gasteiger charge is -2.17. The van der Waals surface area contributed by atoms with Crippen molar-refractivity contribution in [2.45, 2.75) is 33.1 Å².